The van der Waals surface area contributed by atoms with Crippen molar-refractivity contribution in [2.45, 2.75) is 88.7 Å². The molecule has 3 aliphatic heterocycles. The Morgan fingerprint density at radius 1 is 0.857 bits per heavy atom. The molecule has 1 saturated carbocycles. The molecule has 0 aromatic rings. The highest BCUT2D eigenvalue weighted by atomic mass is 16.3. The second-order valence-corrected chi connectivity index (χ2v) is 9.97. The average molecular weight is 392 g/mol. The maximum absolute atomic E-state index is 13.1. The fourth-order valence-corrected chi connectivity index (χ4v) is 6.16. The zero-order valence-electron chi connectivity index (χ0n) is 17.8. The number of aliphatic hydroxyl groups is 1. The molecule has 4 fully saturated rings. The molecule has 1 unspecified atom stereocenters. The minimum atomic E-state index is -1.15. The first-order valence-electron chi connectivity index (χ1n) is 12.1. The van der Waals surface area contributed by atoms with Crippen molar-refractivity contribution < 1.29 is 9.90 Å². The molecular weight excluding hydrogens is 350 g/mol. The zero-order valence-corrected chi connectivity index (χ0v) is 17.8. The molecule has 1 atom stereocenters. The summed E-state index contributed by atoms with van der Waals surface area (Å²) >= 11 is 0. The Kier molecular flexibility index (Phi) is 6.95. The second-order valence-electron chi connectivity index (χ2n) is 9.97. The first-order chi connectivity index (χ1) is 13.6. The molecule has 28 heavy (non-hydrogen) atoms. The molecule has 3 heterocycles. The van der Waals surface area contributed by atoms with E-state index in [-0.39, 0.29) is 5.91 Å². The van der Waals surface area contributed by atoms with Gasteiger partial charge >= 0.3 is 0 Å². The van der Waals surface area contributed by atoms with Crippen LogP contribution in [0.1, 0.15) is 77.0 Å². The van der Waals surface area contributed by atoms with Gasteiger partial charge in [-0.25, -0.2) is 0 Å². The maximum Gasteiger partial charge on any atom is 0.255 e. The molecule has 0 aromatic carbocycles. The van der Waals surface area contributed by atoms with Gasteiger partial charge in [0.05, 0.1) is 0 Å². The Morgan fingerprint density at radius 3 is 2.29 bits per heavy atom. The molecule has 4 aliphatic rings. The summed E-state index contributed by atoms with van der Waals surface area (Å²) in [5.41, 5.74) is -1.15. The fraction of sp³-hybridized carbons (Fsp3) is 0.957. The van der Waals surface area contributed by atoms with Crippen molar-refractivity contribution in [3.8, 4) is 0 Å². The summed E-state index contributed by atoms with van der Waals surface area (Å²) in [5, 5.41) is 11.2. The molecule has 4 rings (SSSR count). The quantitative estimate of drug-likeness (QED) is 0.756. The largest absolute Gasteiger partial charge is 0.379 e. The van der Waals surface area contributed by atoms with E-state index in [1.165, 1.54) is 70.9 Å². The van der Waals surface area contributed by atoms with Gasteiger partial charge < -0.3 is 14.9 Å². The lowest BCUT2D eigenvalue weighted by molar-refractivity contribution is -0.160. The van der Waals surface area contributed by atoms with Gasteiger partial charge in [0.15, 0.2) is 5.60 Å². The van der Waals surface area contributed by atoms with Crippen molar-refractivity contribution in [2.24, 2.45) is 5.92 Å². The van der Waals surface area contributed by atoms with Crippen LogP contribution in [-0.2, 0) is 4.79 Å². The van der Waals surface area contributed by atoms with E-state index >= 15 is 0 Å². The number of hydrogen-bond donors (Lipinski definition) is 1. The van der Waals surface area contributed by atoms with Gasteiger partial charge in [0.1, 0.15) is 0 Å². The highest BCUT2D eigenvalue weighted by Gasteiger charge is 2.44. The minimum Gasteiger partial charge on any atom is -0.379 e. The van der Waals surface area contributed by atoms with Crippen molar-refractivity contribution in [2.75, 3.05) is 45.8 Å². The standard InChI is InChI=1S/C23H41N3O2/c27-22-23(28,12-6-15-26(22)18-9-20-7-2-1-3-8-20)19-24-16-10-21(11-17-24)25-13-4-5-14-25/h20-21,28H,1-19H2. The Balaban J connectivity index is 1.25. The Morgan fingerprint density at radius 2 is 1.57 bits per heavy atom. The van der Waals surface area contributed by atoms with E-state index in [1.54, 1.807) is 0 Å². The second kappa shape index (κ2) is 9.44. The van der Waals surface area contributed by atoms with E-state index in [2.05, 4.69) is 9.80 Å². The highest BCUT2D eigenvalue weighted by Crippen LogP contribution is 2.30. The van der Waals surface area contributed by atoms with Gasteiger partial charge in [-0.1, -0.05) is 32.1 Å². The van der Waals surface area contributed by atoms with Crippen LogP contribution in [0.2, 0.25) is 0 Å². The molecule has 0 aromatic heterocycles. The number of carbonyl (C=O) groups excluding carboxylic acids is 1. The number of amides is 1. The Bertz CT molecular complexity index is 508. The Labute approximate surface area is 171 Å². The van der Waals surface area contributed by atoms with Crippen molar-refractivity contribution >= 4 is 5.91 Å². The van der Waals surface area contributed by atoms with Crippen LogP contribution in [0.5, 0.6) is 0 Å². The third-order valence-electron chi connectivity index (χ3n) is 7.94. The van der Waals surface area contributed by atoms with E-state index in [9.17, 15) is 9.90 Å². The number of β-amino-alcohol motifs (C(OH)–C–C–N with tert-alkyl or cyclic N) is 1. The molecule has 0 bridgehead atoms. The van der Waals surface area contributed by atoms with Crippen LogP contribution < -0.4 is 0 Å². The molecule has 160 valence electrons. The monoisotopic (exact) mass is 391 g/mol. The third kappa shape index (κ3) is 4.91. The molecule has 5 heteroatoms. The van der Waals surface area contributed by atoms with Crippen molar-refractivity contribution in [1.29, 1.82) is 0 Å². The van der Waals surface area contributed by atoms with Crippen LogP contribution in [0.3, 0.4) is 0 Å². The van der Waals surface area contributed by atoms with Crippen molar-refractivity contribution in [3.05, 3.63) is 0 Å². The lowest BCUT2D eigenvalue weighted by Crippen LogP contribution is -2.60. The van der Waals surface area contributed by atoms with Crippen LogP contribution in [0.4, 0.5) is 0 Å². The highest BCUT2D eigenvalue weighted by molar-refractivity contribution is 5.86. The van der Waals surface area contributed by atoms with Gasteiger partial charge in [-0.2, -0.15) is 0 Å². The van der Waals surface area contributed by atoms with E-state index < -0.39 is 5.60 Å². The summed E-state index contributed by atoms with van der Waals surface area (Å²) < 4.78 is 0. The van der Waals surface area contributed by atoms with Crippen molar-refractivity contribution in [3.63, 3.8) is 0 Å². The number of carbonyl (C=O) groups is 1. The molecule has 0 spiro atoms. The van der Waals surface area contributed by atoms with Gasteiger partial charge in [-0.05, 0) is 77.0 Å². The summed E-state index contributed by atoms with van der Waals surface area (Å²) in [5.74, 6) is 0.803. The van der Waals surface area contributed by atoms with E-state index in [0.717, 1.165) is 51.0 Å². The summed E-state index contributed by atoms with van der Waals surface area (Å²) in [6, 6.07) is 0.724. The number of hydrogen-bond acceptors (Lipinski definition) is 4. The molecule has 1 N–H and O–H groups in total. The van der Waals surface area contributed by atoms with Gasteiger partial charge in [-0.15, -0.1) is 0 Å². The molecule has 0 radical (unpaired) electrons. The van der Waals surface area contributed by atoms with Gasteiger partial charge in [0.2, 0.25) is 0 Å². The topological polar surface area (TPSA) is 47.0 Å². The normalized spacial score (nSPS) is 32.3. The predicted octanol–water partition coefficient (Wildman–Crippen LogP) is 2.87. The molecule has 5 nitrogen and oxygen atoms in total. The first kappa shape index (κ1) is 20.6. The lowest BCUT2D eigenvalue weighted by atomic mass is 9.86. The maximum atomic E-state index is 13.1. The van der Waals surface area contributed by atoms with Gasteiger partial charge in [0, 0.05) is 25.7 Å². The Hall–Kier alpha value is -0.650. The molecular formula is C23H41N3O2. The smallest absolute Gasteiger partial charge is 0.255 e. The number of piperidine rings is 2. The molecule has 3 saturated heterocycles. The fourth-order valence-electron chi connectivity index (χ4n) is 6.16. The van der Waals surface area contributed by atoms with E-state index in [4.69, 9.17) is 0 Å². The third-order valence-corrected chi connectivity index (χ3v) is 7.94. The summed E-state index contributed by atoms with van der Waals surface area (Å²) in [6.45, 7) is 6.82. The van der Waals surface area contributed by atoms with Crippen LogP contribution in [0, 0.1) is 5.92 Å². The molecule has 1 aliphatic carbocycles. The van der Waals surface area contributed by atoms with Crippen LogP contribution in [-0.4, -0.2) is 83.2 Å². The first-order valence-corrected chi connectivity index (χ1v) is 12.1. The van der Waals surface area contributed by atoms with Crippen LogP contribution in [0.15, 0.2) is 0 Å². The number of rotatable bonds is 6. The summed E-state index contributed by atoms with van der Waals surface area (Å²) in [4.78, 5) is 20.1. The summed E-state index contributed by atoms with van der Waals surface area (Å²) in [6.07, 6.45) is 14.6. The SMILES string of the molecule is O=C1N(CCC2CCCCC2)CCCC1(O)CN1CCC(N2CCCC2)CC1. The molecule has 1 amide bonds. The zero-order chi connectivity index (χ0) is 19.4. The lowest BCUT2D eigenvalue weighted by Gasteiger charge is -2.43. The van der Waals surface area contributed by atoms with Crippen LogP contribution >= 0.6 is 0 Å². The number of nitrogens with zero attached hydrogens (tertiary/aromatic N) is 3. The summed E-state index contributed by atoms with van der Waals surface area (Å²) in [7, 11) is 0. The van der Waals surface area contributed by atoms with E-state index in [0.29, 0.717) is 13.0 Å². The average Bonchev–Trinajstić information content (AvgIpc) is 3.25. The number of likely N-dealkylation sites (tertiary alicyclic amines) is 3. The van der Waals surface area contributed by atoms with Crippen LogP contribution in [0.25, 0.3) is 0 Å². The van der Waals surface area contributed by atoms with Gasteiger partial charge in [0.25, 0.3) is 5.91 Å². The predicted molar refractivity (Wildman–Crippen MR) is 112 cm³/mol. The van der Waals surface area contributed by atoms with E-state index in [1.807, 2.05) is 4.90 Å². The van der Waals surface area contributed by atoms with Crippen molar-refractivity contribution in [1.82, 2.24) is 14.7 Å². The minimum absolute atomic E-state index is 0.0104. The van der Waals surface area contributed by atoms with Gasteiger partial charge in [-0.3, -0.25) is 9.69 Å².